The van der Waals surface area contributed by atoms with Crippen LogP contribution in [0.15, 0.2) is 0 Å². The molecular weight excluding hydrogens is 191 g/mol. The molecule has 0 aromatic heterocycles. The molecule has 3 nitrogen and oxygen atoms in total. The van der Waals surface area contributed by atoms with Crippen molar-refractivity contribution in [2.24, 2.45) is 0 Å². The van der Waals surface area contributed by atoms with Crippen LogP contribution in [0.3, 0.4) is 0 Å². The van der Waals surface area contributed by atoms with Gasteiger partial charge >= 0.3 is 48.6 Å². The van der Waals surface area contributed by atoms with Crippen LogP contribution in [-0.4, -0.2) is 25.1 Å². The van der Waals surface area contributed by atoms with E-state index in [1.54, 1.807) is 0 Å². The molecule has 0 saturated heterocycles. The topological polar surface area (TPSA) is 46.5 Å². The molecule has 6 heteroatoms. The van der Waals surface area contributed by atoms with Crippen molar-refractivity contribution in [3.05, 3.63) is 0 Å². The fraction of sp³-hybridized carbons (Fsp3) is 0. The number of hydrogen-bond donors (Lipinski definition) is 1. The summed E-state index contributed by atoms with van der Waals surface area (Å²) in [5, 5.41) is 0. The summed E-state index contributed by atoms with van der Waals surface area (Å²) in [5.41, 5.74) is 0. The van der Waals surface area contributed by atoms with E-state index < -0.39 is 9.05 Å². The second kappa shape index (κ2) is 2.20. The van der Waals surface area contributed by atoms with Gasteiger partial charge in [-0.2, -0.15) is 0 Å². The van der Waals surface area contributed by atoms with E-state index in [0.717, 1.165) is 0 Å². The molecule has 38 valence electrons. The standard InChI is InChI=1S/H2O3S2Se/c1-5(2,4)3-6/h6H,(H,1,2,4). The molecule has 1 atom stereocenters. The molecule has 0 aliphatic rings. The Morgan fingerprint density at radius 3 is 2.17 bits per heavy atom. The summed E-state index contributed by atoms with van der Waals surface area (Å²) in [6.45, 7) is 0. The van der Waals surface area contributed by atoms with Crippen LogP contribution < -0.4 is 0 Å². The first-order chi connectivity index (χ1) is 2.56. The molecule has 6 heavy (non-hydrogen) atoms. The van der Waals surface area contributed by atoms with Crippen molar-refractivity contribution in [1.82, 2.24) is 0 Å². The normalized spacial score (nSPS) is 19.7. The van der Waals surface area contributed by atoms with Crippen LogP contribution in [0.4, 0.5) is 0 Å². The van der Waals surface area contributed by atoms with Crippen LogP contribution in [0.5, 0.6) is 0 Å². The molecule has 0 aliphatic heterocycles. The van der Waals surface area contributed by atoms with Gasteiger partial charge in [0.2, 0.25) is 0 Å². The molecule has 0 bridgehead atoms. The average Bonchev–Trinajstić information content (AvgIpc) is 1.35. The summed E-state index contributed by atoms with van der Waals surface area (Å²) in [6, 6.07) is 0. The Bertz CT molecular complexity index is 111. The minimum absolute atomic E-state index is 1.47. The zero-order valence-corrected chi connectivity index (χ0v) is 6.04. The van der Waals surface area contributed by atoms with Crippen molar-refractivity contribution in [3.63, 3.8) is 0 Å². The van der Waals surface area contributed by atoms with Crippen molar-refractivity contribution in [2.75, 3.05) is 0 Å². The van der Waals surface area contributed by atoms with Gasteiger partial charge in [0.15, 0.2) is 0 Å². The third kappa shape index (κ3) is 4.81. The van der Waals surface area contributed by atoms with Crippen LogP contribution in [0.25, 0.3) is 0 Å². The number of rotatable bonds is 1. The molecule has 0 heterocycles. The van der Waals surface area contributed by atoms with Gasteiger partial charge < -0.3 is 0 Å². The molecule has 0 fully saturated rings. The number of hydrogen-bond acceptors (Lipinski definition) is 3. The van der Waals surface area contributed by atoms with E-state index in [1.807, 2.05) is 0 Å². The molecule has 1 N–H and O–H groups in total. The predicted molar refractivity (Wildman–Crippen MR) is 26.4 cm³/mol. The second-order valence-corrected chi connectivity index (χ2v) is 3.71. The van der Waals surface area contributed by atoms with E-state index in [-0.39, 0.29) is 0 Å². The van der Waals surface area contributed by atoms with Crippen molar-refractivity contribution < 1.29 is 12.0 Å². The van der Waals surface area contributed by atoms with Gasteiger partial charge in [0.25, 0.3) is 0 Å². The molecule has 0 radical (unpaired) electrons. The molecule has 0 saturated carbocycles. The first-order valence-electron chi connectivity index (χ1n) is 0.865. The SMILES string of the molecule is O=S(O)(=S)O[SeH]. The Kier molecular flexibility index (Phi) is 2.50. The third-order valence-corrected chi connectivity index (χ3v) is 2.42. The van der Waals surface area contributed by atoms with Crippen LogP contribution >= 0.6 is 0 Å². The van der Waals surface area contributed by atoms with Crippen molar-refractivity contribution in [2.45, 2.75) is 0 Å². The van der Waals surface area contributed by atoms with E-state index in [9.17, 15) is 4.21 Å². The van der Waals surface area contributed by atoms with E-state index in [1.165, 1.54) is 16.3 Å². The van der Waals surface area contributed by atoms with Crippen LogP contribution in [0, 0.1) is 0 Å². The third-order valence-electron chi connectivity index (χ3n) is 0.0942. The predicted octanol–water partition coefficient (Wildman–Crippen LogP) is -1.05. The maximum atomic E-state index is 9.69. The van der Waals surface area contributed by atoms with Crippen LogP contribution in [-0.2, 0) is 23.5 Å². The minimum atomic E-state index is -3.36. The second-order valence-electron chi connectivity index (χ2n) is 0.502. The van der Waals surface area contributed by atoms with Crippen LogP contribution in [0.1, 0.15) is 0 Å². The quantitative estimate of drug-likeness (QED) is 0.540. The van der Waals surface area contributed by atoms with Gasteiger partial charge in [-0.15, -0.1) is 0 Å². The van der Waals surface area contributed by atoms with Gasteiger partial charge in [0, 0.05) is 0 Å². The Labute approximate surface area is 48.9 Å². The van der Waals surface area contributed by atoms with Gasteiger partial charge in [-0.3, -0.25) is 0 Å². The van der Waals surface area contributed by atoms with Crippen molar-refractivity contribution in [1.29, 1.82) is 0 Å². The first-order valence-corrected chi connectivity index (χ1v) is 4.00. The Morgan fingerprint density at radius 2 is 2.17 bits per heavy atom. The van der Waals surface area contributed by atoms with Gasteiger partial charge in [-0.25, -0.2) is 0 Å². The molecule has 1 unspecified atom stereocenters. The Hall–Kier alpha value is 0.809. The average molecular weight is 193 g/mol. The molecule has 0 aromatic rings. The summed E-state index contributed by atoms with van der Waals surface area (Å²) in [5.74, 6) is 0. The fourth-order valence-corrected chi connectivity index (χ4v) is 0. The summed E-state index contributed by atoms with van der Waals surface area (Å²) >= 11 is 5.30. The Morgan fingerprint density at radius 1 is 2.00 bits per heavy atom. The maximum absolute atomic E-state index is 9.69. The molecule has 0 rings (SSSR count). The van der Waals surface area contributed by atoms with Crippen LogP contribution in [0.2, 0.25) is 0 Å². The summed E-state index contributed by atoms with van der Waals surface area (Å²) in [4.78, 5) is 0. The van der Waals surface area contributed by atoms with Gasteiger partial charge in [-0.1, -0.05) is 0 Å². The summed E-state index contributed by atoms with van der Waals surface area (Å²) in [7, 11) is -3.36. The first kappa shape index (κ1) is 6.81. The van der Waals surface area contributed by atoms with Gasteiger partial charge in [0.05, 0.1) is 0 Å². The van der Waals surface area contributed by atoms with Crippen molar-refractivity contribution in [3.8, 4) is 0 Å². The molecular formula is H2O3S2Se. The van der Waals surface area contributed by atoms with Crippen molar-refractivity contribution >= 4 is 36.6 Å². The van der Waals surface area contributed by atoms with E-state index in [4.69, 9.17) is 4.55 Å². The van der Waals surface area contributed by atoms with E-state index >= 15 is 0 Å². The molecule has 0 aliphatic carbocycles. The van der Waals surface area contributed by atoms with E-state index in [2.05, 4.69) is 14.5 Å². The fourth-order valence-electron chi connectivity index (χ4n) is 0. The molecule has 0 aromatic carbocycles. The molecule has 0 amide bonds. The summed E-state index contributed by atoms with van der Waals surface area (Å²) < 4.78 is 21.4. The zero-order chi connectivity index (χ0) is 5.21. The zero-order valence-electron chi connectivity index (χ0n) is 2.53. The van der Waals surface area contributed by atoms with Gasteiger partial charge in [-0.05, 0) is 0 Å². The van der Waals surface area contributed by atoms with Gasteiger partial charge in [0.1, 0.15) is 0 Å². The summed E-state index contributed by atoms with van der Waals surface area (Å²) in [6.07, 6.45) is 0. The Balaban J connectivity index is 3.85. The molecule has 0 spiro atoms. The monoisotopic (exact) mass is 194 g/mol. The van der Waals surface area contributed by atoms with E-state index in [0.29, 0.717) is 0 Å².